The molecule has 1 unspecified atom stereocenters. The molecule has 1 N–H and O–H groups in total. The fraction of sp³-hybridized carbons (Fsp3) is 0.533. The molecule has 1 fully saturated rings. The Morgan fingerprint density at radius 1 is 1.53 bits per heavy atom. The van der Waals surface area contributed by atoms with E-state index in [1.54, 1.807) is 30.0 Å². The summed E-state index contributed by atoms with van der Waals surface area (Å²) in [5, 5.41) is 9.50. The van der Waals surface area contributed by atoms with Gasteiger partial charge in [-0.3, -0.25) is 4.79 Å². The molecule has 0 aliphatic carbocycles. The van der Waals surface area contributed by atoms with Crippen LogP contribution < -0.4 is 0 Å². The van der Waals surface area contributed by atoms with Crippen molar-refractivity contribution in [3.63, 3.8) is 0 Å². The third-order valence-corrected chi connectivity index (χ3v) is 3.95. The predicted octanol–water partition coefficient (Wildman–Crippen LogP) is 1.87. The molecule has 19 heavy (non-hydrogen) atoms. The summed E-state index contributed by atoms with van der Waals surface area (Å²) in [4.78, 5) is 16.4. The Bertz CT molecular complexity index is 473. The Labute approximate surface area is 114 Å². The maximum atomic E-state index is 12.3. The summed E-state index contributed by atoms with van der Waals surface area (Å²) in [7, 11) is 3.96. The first kappa shape index (κ1) is 13.9. The van der Waals surface area contributed by atoms with Crippen LogP contribution in [0.15, 0.2) is 18.2 Å². The highest BCUT2D eigenvalue weighted by molar-refractivity contribution is 5.94. The van der Waals surface area contributed by atoms with Crippen molar-refractivity contribution in [3.8, 4) is 5.75 Å². The smallest absolute Gasteiger partial charge is 0.253 e. The monoisotopic (exact) mass is 262 g/mol. The van der Waals surface area contributed by atoms with Gasteiger partial charge in [-0.1, -0.05) is 0 Å². The fourth-order valence-corrected chi connectivity index (χ4v) is 2.62. The molecule has 1 atom stereocenters. The molecule has 1 amide bonds. The molecule has 2 rings (SSSR count). The van der Waals surface area contributed by atoms with Gasteiger partial charge in [-0.15, -0.1) is 0 Å². The van der Waals surface area contributed by atoms with Gasteiger partial charge in [0.1, 0.15) is 5.75 Å². The molecule has 4 nitrogen and oxygen atoms in total. The minimum Gasteiger partial charge on any atom is -0.508 e. The largest absolute Gasteiger partial charge is 0.508 e. The van der Waals surface area contributed by atoms with Crippen LogP contribution in [0.3, 0.4) is 0 Å². The molecular weight excluding hydrogens is 240 g/mol. The molecule has 104 valence electrons. The van der Waals surface area contributed by atoms with Gasteiger partial charge in [0.15, 0.2) is 0 Å². The molecule has 1 saturated heterocycles. The number of aryl methyl sites for hydroxylation is 1. The van der Waals surface area contributed by atoms with Crippen LogP contribution in [-0.4, -0.2) is 54.0 Å². The average Bonchev–Trinajstić information content (AvgIpc) is 2.77. The van der Waals surface area contributed by atoms with Gasteiger partial charge in [0.25, 0.3) is 5.91 Å². The van der Waals surface area contributed by atoms with E-state index in [9.17, 15) is 9.90 Å². The molecule has 1 aliphatic heterocycles. The summed E-state index contributed by atoms with van der Waals surface area (Å²) in [6.07, 6.45) is 2.37. The van der Waals surface area contributed by atoms with Crippen molar-refractivity contribution in [2.75, 3.05) is 27.2 Å². The van der Waals surface area contributed by atoms with Gasteiger partial charge in [-0.25, -0.2) is 0 Å². The Morgan fingerprint density at radius 3 is 2.84 bits per heavy atom. The van der Waals surface area contributed by atoms with E-state index in [1.807, 2.05) is 7.05 Å². The highest BCUT2D eigenvalue weighted by Crippen LogP contribution is 2.19. The molecule has 0 aromatic heterocycles. The van der Waals surface area contributed by atoms with E-state index in [2.05, 4.69) is 11.9 Å². The normalized spacial score (nSPS) is 19.6. The molecule has 0 radical (unpaired) electrons. The maximum Gasteiger partial charge on any atom is 0.253 e. The van der Waals surface area contributed by atoms with Crippen LogP contribution >= 0.6 is 0 Å². The van der Waals surface area contributed by atoms with E-state index in [4.69, 9.17) is 0 Å². The Balaban J connectivity index is 2.03. The number of phenolic OH excluding ortho intramolecular Hbond substituents is 1. The quantitative estimate of drug-likeness (QED) is 0.904. The Hall–Kier alpha value is -1.55. The highest BCUT2D eigenvalue weighted by Gasteiger charge is 2.24. The van der Waals surface area contributed by atoms with Crippen LogP contribution in [0, 0.1) is 6.92 Å². The van der Waals surface area contributed by atoms with Crippen molar-refractivity contribution in [1.82, 2.24) is 9.80 Å². The summed E-state index contributed by atoms with van der Waals surface area (Å²) in [6.45, 7) is 3.68. The zero-order valence-electron chi connectivity index (χ0n) is 11.9. The van der Waals surface area contributed by atoms with Gasteiger partial charge >= 0.3 is 0 Å². The standard InChI is InChI=1S/C15H22N2O2/c1-11-9-12(6-7-14(11)18)15(19)17(3)10-13-5-4-8-16(13)2/h6-7,9,13,18H,4-5,8,10H2,1-3H3. The van der Waals surface area contributed by atoms with E-state index in [1.165, 1.54) is 6.42 Å². The minimum atomic E-state index is 0.0170. The number of likely N-dealkylation sites (N-methyl/N-ethyl adjacent to an activating group) is 2. The van der Waals surface area contributed by atoms with Gasteiger partial charge in [-0.2, -0.15) is 0 Å². The molecule has 0 spiro atoms. The maximum absolute atomic E-state index is 12.3. The molecular formula is C15H22N2O2. The van der Waals surface area contributed by atoms with E-state index in [0.717, 1.165) is 25.1 Å². The Kier molecular flexibility index (Phi) is 4.10. The molecule has 1 aromatic rings. The summed E-state index contributed by atoms with van der Waals surface area (Å²) >= 11 is 0. The van der Waals surface area contributed by atoms with Crippen molar-refractivity contribution >= 4 is 5.91 Å². The van der Waals surface area contributed by atoms with E-state index in [-0.39, 0.29) is 11.7 Å². The number of carbonyl (C=O) groups is 1. The molecule has 0 saturated carbocycles. The molecule has 0 bridgehead atoms. The minimum absolute atomic E-state index is 0.0170. The number of carbonyl (C=O) groups excluding carboxylic acids is 1. The summed E-state index contributed by atoms with van der Waals surface area (Å²) in [5.41, 5.74) is 1.37. The number of hydrogen-bond donors (Lipinski definition) is 1. The van der Waals surface area contributed by atoms with Crippen LogP contribution in [-0.2, 0) is 0 Å². The summed E-state index contributed by atoms with van der Waals surface area (Å²) < 4.78 is 0. The second kappa shape index (κ2) is 5.61. The van der Waals surface area contributed by atoms with Crippen molar-refractivity contribution in [3.05, 3.63) is 29.3 Å². The van der Waals surface area contributed by atoms with Crippen molar-refractivity contribution < 1.29 is 9.90 Å². The fourth-order valence-electron chi connectivity index (χ4n) is 2.62. The highest BCUT2D eigenvalue weighted by atomic mass is 16.3. The third kappa shape index (κ3) is 3.07. The van der Waals surface area contributed by atoms with Gasteiger partial charge in [0.2, 0.25) is 0 Å². The Morgan fingerprint density at radius 2 is 2.26 bits per heavy atom. The third-order valence-electron chi connectivity index (χ3n) is 3.95. The zero-order chi connectivity index (χ0) is 14.0. The van der Waals surface area contributed by atoms with Crippen LogP contribution in [0.25, 0.3) is 0 Å². The van der Waals surface area contributed by atoms with Gasteiger partial charge < -0.3 is 14.9 Å². The van der Waals surface area contributed by atoms with Crippen molar-refractivity contribution in [1.29, 1.82) is 0 Å². The number of likely N-dealkylation sites (tertiary alicyclic amines) is 1. The second-order valence-electron chi connectivity index (χ2n) is 5.46. The first-order chi connectivity index (χ1) is 8.99. The van der Waals surface area contributed by atoms with Crippen LogP contribution in [0.2, 0.25) is 0 Å². The number of rotatable bonds is 3. The number of hydrogen-bond acceptors (Lipinski definition) is 3. The van der Waals surface area contributed by atoms with Gasteiger partial charge in [0.05, 0.1) is 0 Å². The molecule has 1 heterocycles. The lowest BCUT2D eigenvalue weighted by Crippen LogP contribution is -2.39. The zero-order valence-corrected chi connectivity index (χ0v) is 11.9. The SMILES string of the molecule is Cc1cc(C(=O)N(C)CC2CCCN2C)ccc1O. The topological polar surface area (TPSA) is 43.8 Å². The van der Waals surface area contributed by atoms with Crippen LogP contribution in [0.1, 0.15) is 28.8 Å². The lowest BCUT2D eigenvalue weighted by Gasteiger charge is -2.26. The van der Waals surface area contributed by atoms with Crippen molar-refractivity contribution in [2.24, 2.45) is 0 Å². The number of benzene rings is 1. The number of aromatic hydroxyl groups is 1. The van der Waals surface area contributed by atoms with Crippen LogP contribution in [0.4, 0.5) is 0 Å². The molecule has 1 aromatic carbocycles. The predicted molar refractivity (Wildman–Crippen MR) is 75.5 cm³/mol. The van der Waals surface area contributed by atoms with Crippen LogP contribution in [0.5, 0.6) is 5.75 Å². The van der Waals surface area contributed by atoms with Gasteiger partial charge in [-0.05, 0) is 57.1 Å². The summed E-state index contributed by atoms with van der Waals surface area (Å²) in [5.74, 6) is 0.248. The first-order valence-electron chi connectivity index (χ1n) is 6.74. The molecule has 1 aliphatic rings. The lowest BCUT2D eigenvalue weighted by atomic mass is 10.1. The number of nitrogens with zero attached hydrogens (tertiary/aromatic N) is 2. The van der Waals surface area contributed by atoms with E-state index < -0.39 is 0 Å². The van der Waals surface area contributed by atoms with E-state index >= 15 is 0 Å². The number of phenols is 1. The molecule has 4 heteroatoms. The van der Waals surface area contributed by atoms with E-state index in [0.29, 0.717) is 11.6 Å². The summed E-state index contributed by atoms with van der Waals surface area (Å²) in [6, 6.07) is 5.47. The first-order valence-corrected chi connectivity index (χ1v) is 6.74. The van der Waals surface area contributed by atoms with Gasteiger partial charge in [0, 0.05) is 25.2 Å². The average molecular weight is 262 g/mol. The second-order valence-corrected chi connectivity index (χ2v) is 5.46. The number of amides is 1. The lowest BCUT2D eigenvalue weighted by molar-refractivity contribution is 0.0761. The van der Waals surface area contributed by atoms with Crippen molar-refractivity contribution in [2.45, 2.75) is 25.8 Å².